The van der Waals surface area contributed by atoms with Crippen LogP contribution in [-0.2, 0) is 11.2 Å². The Morgan fingerprint density at radius 2 is 2.15 bits per heavy atom. The first-order valence-corrected chi connectivity index (χ1v) is 7.18. The highest BCUT2D eigenvalue weighted by Crippen LogP contribution is 2.36. The van der Waals surface area contributed by atoms with Crippen LogP contribution in [0.15, 0.2) is 29.6 Å². The van der Waals surface area contributed by atoms with Gasteiger partial charge in [0.15, 0.2) is 11.5 Å². The van der Waals surface area contributed by atoms with Gasteiger partial charge in [0.1, 0.15) is 0 Å². The van der Waals surface area contributed by atoms with Crippen LogP contribution in [0.1, 0.15) is 21.9 Å². The van der Waals surface area contributed by atoms with Crippen LogP contribution < -0.4 is 9.47 Å². The van der Waals surface area contributed by atoms with Crippen molar-refractivity contribution in [1.29, 1.82) is 0 Å². The van der Waals surface area contributed by atoms with E-state index < -0.39 is 11.9 Å². The van der Waals surface area contributed by atoms with E-state index >= 15 is 0 Å². The lowest BCUT2D eigenvalue weighted by molar-refractivity contribution is -0.138. The lowest BCUT2D eigenvalue weighted by atomic mass is 9.94. The third kappa shape index (κ3) is 2.36. The number of fused-ring (bicyclic) bond motifs is 1. The molecule has 1 aromatic heterocycles. The fraction of sp³-hybridized carbons (Fsp3) is 0.267. The summed E-state index contributed by atoms with van der Waals surface area (Å²) in [6, 6.07) is 7.35. The van der Waals surface area contributed by atoms with Crippen molar-refractivity contribution in [3.05, 3.63) is 45.6 Å². The van der Waals surface area contributed by atoms with Gasteiger partial charge in [-0.05, 0) is 48.1 Å². The Morgan fingerprint density at radius 1 is 1.35 bits per heavy atom. The zero-order valence-corrected chi connectivity index (χ0v) is 11.8. The van der Waals surface area contributed by atoms with Crippen LogP contribution in [0.4, 0.5) is 0 Å². The van der Waals surface area contributed by atoms with Gasteiger partial charge in [-0.15, -0.1) is 11.3 Å². The van der Waals surface area contributed by atoms with Gasteiger partial charge in [0.2, 0.25) is 6.79 Å². The third-order valence-corrected chi connectivity index (χ3v) is 4.50. The first-order valence-electron chi connectivity index (χ1n) is 6.30. The molecule has 0 amide bonds. The minimum Gasteiger partial charge on any atom is -0.481 e. The molecule has 2 aromatic rings. The fourth-order valence-electron chi connectivity index (χ4n) is 2.28. The summed E-state index contributed by atoms with van der Waals surface area (Å²) >= 11 is 1.60. The summed E-state index contributed by atoms with van der Waals surface area (Å²) in [6.07, 6.45) is 0.498. The largest absolute Gasteiger partial charge is 0.481 e. The highest BCUT2D eigenvalue weighted by Gasteiger charge is 2.24. The number of rotatable bonds is 4. The minimum absolute atomic E-state index is 0.195. The Morgan fingerprint density at radius 3 is 2.85 bits per heavy atom. The van der Waals surface area contributed by atoms with E-state index in [0.717, 1.165) is 16.0 Å². The van der Waals surface area contributed by atoms with Crippen LogP contribution >= 0.6 is 11.3 Å². The van der Waals surface area contributed by atoms with Crippen molar-refractivity contribution < 1.29 is 19.4 Å². The highest BCUT2D eigenvalue weighted by atomic mass is 32.1. The molecule has 1 aliphatic heterocycles. The Kier molecular flexibility index (Phi) is 3.36. The van der Waals surface area contributed by atoms with Crippen molar-refractivity contribution in [1.82, 2.24) is 0 Å². The molecular formula is C15H14O4S. The SMILES string of the molecule is Cc1ccsc1CC(C(=O)O)c1ccc2c(c1)OCO2. The summed E-state index contributed by atoms with van der Waals surface area (Å²) in [5.41, 5.74) is 1.89. The topological polar surface area (TPSA) is 55.8 Å². The van der Waals surface area contributed by atoms with Crippen LogP contribution in [0.2, 0.25) is 0 Å². The van der Waals surface area contributed by atoms with E-state index in [4.69, 9.17) is 9.47 Å². The van der Waals surface area contributed by atoms with Gasteiger partial charge < -0.3 is 14.6 Å². The van der Waals surface area contributed by atoms with E-state index in [-0.39, 0.29) is 6.79 Å². The predicted molar refractivity (Wildman–Crippen MR) is 75.7 cm³/mol. The van der Waals surface area contributed by atoms with Crippen LogP contribution in [0.5, 0.6) is 11.5 Å². The highest BCUT2D eigenvalue weighted by molar-refractivity contribution is 7.10. The molecule has 1 aromatic carbocycles. The average molecular weight is 290 g/mol. The zero-order chi connectivity index (χ0) is 14.1. The Bertz CT molecular complexity index is 647. The molecule has 1 atom stereocenters. The fourth-order valence-corrected chi connectivity index (χ4v) is 3.23. The van der Waals surface area contributed by atoms with E-state index in [1.165, 1.54) is 0 Å². The Hall–Kier alpha value is -2.01. The molecule has 20 heavy (non-hydrogen) atoms. The molecule has 2 heterocycles. The normalized spacial score (nSPS) is 14.2. The first-order chi connectivity index (χ1) is 9.65. The number of ether oxygens (including phenoxy) is 2. The summed E-state index contributed by atoms with van der Waals surface area (Å²) in [7, 11) is 0. The summed E-state index contributed by atoms with van der Waals surface area (Å²) in [5.74, 6) is -0.0969. The number of benzene rings is 1. The predicted octanol–water partition coefficient (Wildman–Crippen LogP) is 3.20. The van der Waals surface area contributed by atoms with E-state index in [9.17, 15) is 9.90 Å². The molecule has 5 heteroatoms. The number of carboxylic acids is 1. The van der Waals surface area contributed by atoms with E-state index in [1.807, 2.05) is 18.4 Å². The molecule has 0 bridgehead atoms. The second kappa shape index (κ2) is 5.17. The van der Waals surface area contributed by atoms with Gasteiger partial charge in [-0.2, -0.15) is 0 Å². The number of hydrogen-bond donors (Lipinski definition) is 1. The summed E-state index contributed by atoms with van der Waals surface area (Å²) in [4.78, 5) is 12.7. The third-order valence-electron chi connectivity index (χ3n) is 3.45. The molecule has 0 fully saturated rings. The molecule has 1 unspecified atom stereocenters. The van der Waals surface area contributed by atoms with E-state index in [0.29, 0.717) is 17.9 Å². The zero-order valence-electron chi connectivity index (χ0n) is 11.0. The second-order valence-electron chi connectivity index (χ2n) is 4.73. The number of thiophene rings is 1. The van der Waals surface area contributed by atoms with E-state index in [2.05, 4.69) is 0 Å². The lowest BCUT2D eigenvalue weighted by Gasteiger charge is -2.13. The molecule has 0 saturated heterocycles. The summed E-state index contributed by atoms with van der Waals surface area (Å²) in [6.45, 7) is 2.20. The number of aliphatic carboxylic acids is 1. The van der Waals surface area contributed by atoms with Crippen LogP contribution in [0.3, 0.4) is 0 Å². The number of carboxylic acid groups (broad SMARTS) is 1. The van der Waals surface area contributed by atoms with Gasteiger partial charge in [-0.1, -0.05) is 6.07 Å². The molecule has 4 nitrogen and oxygen atoms in total. The number of aryl methyl sites for hydroxylation is 1. The second-order valence-corrected chi connectivity index (χ2v) is 5.74. The first kappa shape index (κ1) is 13.0. The van der Waals surface area contributed by atoms with Gasteiger partial charge in [0.25, 0.3) is 0 Å². The Balaban J connectivity index is 1.91. The van der Waals surface area contributed by atoms with Crippen molar-refractivity contribution in [2.75, 3.05) is 6.79 Å². The van der Waals surface area contributed by atoms with Crippen molar-refractivity contribution in [3.63, 3.8) is 0 Å². The molecule has 0 spiro atoms. The van der Waals surface area contributed by atoms with Crippen molar-refractivity contribution in [2.45, 2.75) is 19.3 Å². The molecule has 0 aliphatic carbocycles. The van der Waals surface area contributed by atoms with Gasteiger partial charge in [0, 0.05) is 4.88 Å². The summed E-state index contributed by atoms with van der Waals surface area (Å²) in [5, 5.41) is 11.5. The number of hydrogen-bond acceptors (Lipinski definition) is 4. The maximum atomic E-state index is 11.6. The molecular weight excluding hydrogens is 276 g/mol. The molecule has 1 N–H and O–H groups in total. The van der Waals surface area contributed by atoms with Crippen molar-refractivity contribution in [2.24, 2.45) is 0 Å². The van der Waals surface area contributed by atoms with Crippen LogP contribution in [-0.4, -0.2) is 17.9 Å². The molecule has 104 valence electrons. The lowest BCUT2D eigenvalue weighted by Crippen LogP contribution is -2.14. The molecule has 3 rings (SSSR count). The standard InChI is InChI=1S/C15H14O4S/c1-9-4-5-20-14(9)7-11(15(16)17)10-2-3-12-13(6-10)19-8-18-12/h2-6,11H,7-8H2,1H3,(H,16,17). The maximum Gasteiger partial charge on any atom is 0.311 e. The monoisotopic (exact) mass is 290 g/mol. The molecule has 0 radical (unpaired) electrons. The maximum absolute atomic E-state index is 11.6. The van der Waals surface area contributed by atoms with Crippen molar-refractivity contribution >= 4 is 17.3 Å². The van der Waals surface area contributed by atoms with Crippen LogP contribution in [0.25, 0.3) is 0 Å². The minimum atomic E-state index is -0.823. The van der Waals surface area contributed by atoms with Gasteiger partial charge in [-0.3, -0.25) is 4.79 Å². The van der Waals surface area contributed by atoms with Crippen molar-refractivity contribution in [3.8, 4) is 11.5 Å². The van der Waals surface area contributed by atoms with Gasteiger partial charge in [0.05, 0.1) is 5.92 Å². The van der Waals surface area contributed by atoms with Gasteiger partial charge in [-0.25, -0.2) is 0 Å². The number of carbonyl (C=O) groups is 1. The van der Waals surface area contributed by atoms with E-state index in [1.54, 1.807) is 29.5 Å². The summed E-state index contributed by atoms with van der Waals surface area (Å²) < 4.78 is 10.6. The Labute approximate surface area is 120 Å². The smallest absolute Gasteiger partial charge is 0.311 e. The molecule has 0 saturated carbocycles. The quantitative estimate of drug-likeness (QED) is 0.939. The van der Waals surface area contributed by atoms with Gasteiger partial charge >= 0.3 is 5.97 Å². The molecule has 1 aliphatic rings. The van der Waals surface area contributed by atoms with Crippen LogP contribution in [0, 0.1) is 6.92 Å². The average Bonchev–Trinajstić information content (AvgIpc) is 3.03.